The van der Waals surface area contributed by atoms with Gasteiger partial charge in [0.1, 0.15) is 0 Å². The molecule has 1 rings (SSSR count). The molecule has 0 aliphatic rings. The van der Waals surface area contributed by atoms with Crippen molar-refractivity contribution in [2.45, 2.75) is 18.9 Å². The van der Waals surface area contributed by atoms with Crippen LogP contribution in [0.1, 0.15) is 12.0 Å². The van der Waals surface area contributed by atoms with Crippen LogP contribution in [0.2, 0.25) is 10.0 Å². The number of carboxylic acids is 1. The zero-order valence-corrected chi connectivity index (χ0v) is 9.29. The van der Waals surface area contributed by atoms with E-state index in [1.807, 2.05) is 0 Å². The summed E-state index contributed by atoms with van der Waals surface area (Å²) in [6.45, 7) is 0. The van der Waals surface area contributed by atoms with Gasteiger partial charge in [-0.15, -0.1) is 0 Å². The maximum absolute atomic E-state index is 10.4. The first-order valence-corrected chi connectivity index (χ1v) is 5.11. The molecule has 15 heavy (non-hydrogen) atoms. The van der Waals surface area contributed by atoms with Crippen LogP contribution in [0.15, 0.2) is 18.2 Å². The van der Waals surface area contributed by atoms with Crippen molar-refractivity contribution in [2.75, 3.05) is 0 Å². The number of carboxylic acid groups (broad SMARTS) is 1. The van der Waals surface area contributed by atoms with E-state index in [0.29, 0.717) is 16.5 Å². The largest absolute Gasteiger partial charge is 0.479 e. The van der Waals surface area contributed by atoms with Crippen LogP contribution in [-0.2, 0) is 11.2 Å². The molecule has 0 fully saturated rings. The van der Waals surface area contributed by atoms with Crippen LogP contribution < -0.4 is 0 Å². The molecule has 1 atom stereocenters. The van der Waals surface area contributed by atoms with E-state index in [1.165, 1.54) is 0 Å². The molecule has 0 aliphatic heterocycles. The number of carbonyl (C=O) groups is 1. The van der Waals surface area contributed by atoms with Gasteiger partial charge in [0.15, 0.2) is 6.10 Å². The molecule has 1 aromatic carbocycles. The average Bonchev–Trinajstić information content (AvgIpc) is 2.15. The number of aryl methyl sites for hydroxylation is 1. The first-order chi connectivity index (χ1) is 7.00. The normalized spacial score (nSPS) is 12.5. The zero-order valence-electron chi connectivity index (χ0n) is 7.78. The predicted molar refractivity (Wildman–Crippen MR) is 58.4 cm³/mol. The molecule has 0 saturated carbocycles. The Hall–Kier alpha value is -0.770. The molecule has 3 nitrogen and oxygen atoms in total. The number of benzene rings is 1. The topological polar surface area (TPSA) is 57.5 Å². The Labute approximate surface area is 97.2 Å². The number of aliphatic carboxylic acids is 1. The van der Waals surface area contributed by atoms with Gasteiger partial charge < -0.3 is 10.2 Å². The van der Waals surface area contributed by atoms with E-state index in [-0.39, 0.29) is 6.42 Å². The summed E-state index contributed by atoms with van der Waals surface area (Å²) < 4.78 is 0. The quantitative estimate of drug-likeness (QED) is 0.861. The van der Waals surface area contributed by atoms with Crippen molar-refractivity contribution >= 4 is 29.2 Å². The smallest absolute Gasteiger partial charge is 0.332 e. The van der Waals surface area contributed by atoms with E-state index in [0.717, 1.165) is 5.56 Å². The maximum atomic E-state index is 10.4. The Morgan fingerprint density at radius 2 is 2.07 bits per heavy atom. The summed E-state index contributed by atoms with van der Waals surface area (Å²) in [5.41, 5.74) is 0.779. The molecule has 1 unspecified atom stereocenters. The van der Waals surface area contributed by atoms with Gasteiger partial charge in [0, 0.05) is 10.0 Å². The molecule has 1 aromatic rings. The molecule has 0 saturated heterocycles. The number of halogens is 2. The lowest BCUT2D eigenvalue weighted by Crippen LogP contribution is -2.19. The first-order valence-electron chi connectivity index (χ1n) is 4.35. The summed E-state index contributed by atoms with van der Waals surface area (Å²) in [6, 6.07) is 4.99. The van der Waals surface area contributed by atoms with Gasteiger partial charge in [-0.3, -0.25) is 0 Å². The van der Waals surface area contributed by atoms with Crippen molar-refractivity contribution in [3.8, 4) is 0 Å². The van der Waals surface area contributed by atoms with E-state index >= 15 is 0 Å². The lowest BCUT2D eigenvalue weighted by molar-refractivity contribution is -0.146. The Morgan fingerprint density at radius 3 is 2.60 bits per heavy atom. The minimum atomic E-state index is -1.35. The molecule has 0 aromatic heterocycles. The average molecular weight is 249 g/mol. The van der Waals surface area contributed by atoms with Gasteiger partial charge in [0.2, 0.25) is 0 Å². The molecule has 0 spiro atoms. The van der Waals surface area contributed by atoms with Gasteiger partial charge in [-0.1, -0.05) is 29.3 Å². The first kappa shape index (κ1) is 12.3. The van der Waals surface area contributed by atoms with Crippen LogP contribution in [0.25, 0.3) is 0 Å². The molecule has 0 heterocycles. The molecule has 2 N–H and O–H groups in total. The standard InChI is InChI=1S/C10H10Cl2O3/c11-7-3-1-6(8(12)5-7)2-4-9(13)10(14)15/h1,3,5,9,13H,2,4H2,(H,14,15). The van der Waals surface area contributed by atoms with Crippen LogP contribution in [0.5, 0.6) is 0 Å². The number of hydrogen-bond acceptors (Lipinski definition) is 2. The van der Waals surface area contributed by atoms with Gasteiger partial charge >= 0.3 is 5.97 Å². The van der Waals surface area contributed by atoms with Crippen molar-refractivity contribution in [1.29, 1.82) is 0 Å². The van der Waals surface area contributed by atoms with Gasteiger partial charge in [-0.25, -0.2) is 4.79 Å². The summed E-state index contributed by atoms with van der Waals surface area (Å²) in [5, 5.41) is 18.6. The van der Waals surface area contributed by atoms with Crippen molar-refractivity contribution in [1.82, 2.24) is 0 Å². The number of hydrogen-bond donors (Lipinski definition) is 2. The summed E-state index contributed by atoms with van der Waals surface area (Å²) in [4.78, 5) is 10.4. The second-order valence-corrected chi connectivity index (χ2v) is 3.97. The number of aliphatic hydroxyl groups excluding tert-OH is 1. The number of rotatable bonds is 4. The Bertz CT molecular complexity index is 366. The molecule has 0 radical (unpaired) electrons. The second-order valence-electron chi connectivity index (χ2n) is 3.13. The highest BCUT2D eigenvalue weighted by Crippen LogP contribution is 2.22. The SMILES string of the molecule is O=C(O)C(O)CCc1ccc(Cl)cc1Cl. The van der Waals surface area contributed by atoms with E-state index in [9.17, 15) is 4.79 Å². The Morgan fingerprint density at radius 1 is 1.40 bits per heavy atom. The third kappa shape index (κ3) is 3.70. The fourth-order valence-corrected chi connectivity index (χ4v) is 1.64. The highest BCUT2D eigenvalue weighted by Gasteiger charge is 2.13. The summed E-state index contributed by atoms with van der Waals surface area (Å²) in [5.74, 6) is -1.22. The zero-order chi connectivity index (χ0) is 11.4. The molecular formula is C10H10Cl2O3. The van der Waals surface area contributed by atoms with E-state index < -0.39 is 12.1 Å². The molecular weight excluding hydrogens is 239 g/mol. The van der Waals surface area contributed by atoms with Gasteiger partial charge in [-0.05, 0) is 30.5 Å². The lowest BCUT2D eigenvalue weighted by atomic mass is 10.1. The van der Waals surface area contributed by atoms with Crippen LogP contribution in [0, 0.1) is 0 Å². The highest BCUT2D eigenvalue weighted by atomic mass is 35.5. The second kappa shape index (κ2) is 5.35. The molecule has 0 bridgehead atoms. The lowest BCUT2D eigenvalue weighted by Gasteiger charge is -2.07. The van der Waals surface area contributed by atoms with Crippen LogP contribution in [0.3, 0.4) is 0 Å². The highest BCUT2D eigenvalue weighted by molar-refractivity contribution is 6.35. The Balaban J connectivity index is 2.62. The fraction of sp³-hybridized carbons (Fsp3) is 0.300. The summed E-state index contributed by atoms with van der Waals surface area (Å²) in [6.07, 6.45) is -0.808. The van der Waals surface area contributed by atoms with Crippen LogP contribution in [0.4, 0.5) is 0 Å². The van der Waals surface area contributed by atoms with Crippen molar-refractivity contribution < 1.29 is 15.0 Å². The van der Waals surface area contributed by atoms with Gasteiger partial charge in [-0.2, -0.15) is 0 Å². The van der Waals surface area contributed by atoms with Gasteiger partial charge in [0.05, 0.1) is 0 Å². The van der Waals surface area contributed by atoms with Crippen molar-refractivity contribution in [3.63, 3.8) is 0 Å². The van der Waals surface area contributed by atoms with Crippen LogP contribution >= 0.6 is 23.2 Å². The van der Waals surface area contributed by atoms with Gasteiger partial charge in [0.25, 0.3) is 0 Å². The molecule has 82 valence electrons. The van der Waals surface area contributed by atoms with Crippen molar-refractivity contribution in [2.24, 2.45) is 0 Å². The monoisotopic (exact) mass is 248 g/mol. The molecule has 0 amide bonds. The van der Waals surface area contributed by atoms with E-state index in [1.54, 1.807) is 18.2 Å². The Kier molecular flexibility index (Phi) is 4.39. The van der Waals surface area contributed by atoms with Crippen molar-refractivity contribution in [3.05, 3.63) is 33.8 Å². The van der Waals surface area contributed by atoms with E-state index in [2.05, 4.69) is 0 Å². The fourth-order valence-electron chi connectivity index (χ4n) is 1.14. The summed E-state index contributed by atoms with van der Waals surface area (Å²) in [7, 11) is 0. The minimum Gasteiger partial charge on any atom is -0.479 e. The maximum Gasteiger partial charge on any atom is 0.332 e. The minimum absolute atomic E-state index is 0.136. The summed E-state index contributed by atoms with van der Waals surface area (Å²) >= 11 is 11.6. The third-order valence-electron chi connectivity index (χ3n) is 1.99. The predicted octanol–water partition coefficient (Wildman–Crippen LogP) is 2.37. The molecule has 5 heteroatoms. The molecule has 0 aliphatic carbocycles. The van der Waals surface area contributed by atoms with E-state index in [4.69, 9.17) is 33.4 Å². The number of aliphatic hydroxyl groups is 1. The van der Waals surface area contributed by atoms with Crippen LogP contribution in [-0.4, -0.2) is 22.3 Å². The third-order valence-corrected chi connectivity index (χ3v) is 2.57.